The molecule has 0 radical (unpaired) electrons. The van der Waals surface area contributed by atoms with Crippen molar-refractivity contribution in [2.75, 3.05) is 0 Å². The maximum Gasteiger partial charge on any atom is 0.251 e. The summed E-state index contributed by atoms with van der Waals surface area (Å²) in [6.45, 7) is 0.234. The Labute approximate surface area is 108 Å². The number of phenolic OH excluding ortho intramolecular Hbond substituents is 1. The highest BCUT2D eigenvalue weighted by atomic mass is 35.5. The van der Waals surface area contributed by atoms with E-state index >= 15 is 0 Å². The number of carbonyl (C=O) groups is 1. The molecule has 2 rings (SSSR count). The van der Waals surface area contributed by atoms with E-state index < -0.39 is 0 Å². The zero-order valence-corrected chi connectivity index (χ0v) is 10.3. The minimum atomic E-state index is -0.302. The number of phenols is 1. The Morgan fingerprint density at radius 3 is 2.94 bits per heavy atom. The Morgan fingerprint density at radius 1 is 1.56 bits per heavy atom. The van der Waals surface area contributed by atoms with Crippen molar-refractivity contribution in [2.24, 2.45) is 7.05 Å². The van der Waals surface area contributed by atoms with Crippen LogP contribution in [0.3, 0.4) is 0 Å². The first-order valence-electron chi connectivity index (χ1n) is 5.17. The lowest BCUT2D eigenvalue weighted by molar-refractivity contribution is 0.0950. The molecule has 0 aliphatic rings. The van der Waals surface area contributed by atoms with Crippen molar-refractivity contribution < 1.29 is 9.90 Å². The molecule has 2 aromatic rings. The molecule has 0 aliphatic carbocycles. The molecule has 0 unspecified atom stereocenters. The van der Waals surface area contributed by atoms with Gasteiger partial charge in [-0.2, -0.15) is 5.10 Å². The van der Waals surface area contributed by atoms with Crippen LogP contribution in [-0.2, 0) is 13.6 Å². The van der Waals surface area contributed by atoms with Gasteiger partial charge in [-0.1, -0.05) is 11.6 Å². The van der Waals surface area contributed by atoms with Crippen LogP contribution in [0.25, 0.3) is 0 Å². The zero-order valence-electron chi connectivity index (χ0n) is 9.59. The molecule has 0 saturated heterocycles. The van der Waals surface area contributed by atoms with Crippen LogP contribution in [0.4, 0.5) is 0 Å². The van der Waals surface area contributed by atoms with E-state index in [1.54, 1.807) is 18.1 Å². The molecule has 6 nitrogen and oxygen atoms in total. The molecule has 0 bridgehead atoms. The summed E-state index contributed by atoms with van der Waals surface area (Å²) in [6.07, 6.45) is 1.55. The van der Waals surface area contributed by atoms with E-state index in [1.165, 1.54) is 18.2 Å². The van der Waals surface area contributed by atoms with E-state index in [0.717, 1.165) is 0 Å². The molecule has 0 saturated carbocycles. The van der Waals surface area contributed by atoms with Gasteiger partial charge in [-0.15, -0.1) is 0 Å². The maximum atomic E-state index is 11.8. The second-order valence-corrected chi connectivity index (χ2v) is 4.09. The number of halogens is 1. The number of nitrogens with zero attached hydrogens (tertiary/aromatic N) is 3. The topological polar surface area (TPSA) is 80.0 Å². The smallest absolute Gasteiger partial charge is 0.251 e. The summed E-state index contributed by atoms with van der Waals surface area (Å²) in [4.78, 5) is 15.8. The van der Waals surface area contributed by atoms with E-state index in [2.05, 4.69) is 15.4 Å². The molecule has 94 valence electrons. The molecular weight excluding hydrogens is 256 g/mol. The Balaban J connectivity index is 2.01. The zero-order chi connectivity index (χ0) is 13.1. The lowest BCUT2D eigenvalue weighted by atomic mass is 10.2. The van der Waals surface area contributed by atoms with Crippen molar-refractivity contribution in [3.8, 4) is 5.75 Å². The standard InChI is InChI=1S/C11H11ClN4O2/c1-16-6-14-10(15-16)5-13-11(18)7-2-3-9(17)8(12)4-7/h2-4,6,17H,5H2,1H3,(H,13,18). The highest BCUT2D eigenvalue weighted by Crippen LogP contribution is 2.23. The van der Waals surface area contributed by atoms with Crippen LogP contribution in [0.15, 0.2) is 24.5 Å². The fourth-order valence-corrected chi connectivity index (χ4v) is 1.55. The first kappa shape index (κ1) is 12.4. The van der Waals surface area contributed by atoms with Gasteiger partial charge in [-0.25, -0.2) is 4.98 Å². The fourth-order valence-electron chi connectivity index (χ4n) is 1.37. The van der Waals surface area contributed by atoms with Crippen molar-refractivity contribution >= 4 is 17.5 Å². The van der Waals surface area contributed by atoms with Crippen LogP contribution in [0, 0.1) is 0 Å². The Kier molecular flexibility index (Phi) is 3.47. The number of aryl methyl sites for hydroxylation is 1. The summed E-state index contributed by atoms with van der Waals surface area (Å²) in [5.74, 6) is 0.166. The normalized spacial score (nSPS) is 10.3. The summed E-state index contributed by atoms with van der Waals surface area (Å²) in [5, 5.41) is 16.1. The van der Waals surface area contributed by atoms with Gasteiger partial charge in [0.1, 0.15) is 12.1 Å². The third-order valence-electron chi connectivity index (χ3n) is 2.26. The second kappa shape index (κ2) is 5.05. The predicted molar refractivity (Wildman–Crippen MR) is 65.3 cm³/mol. The van der Waals surface area contributed by atoms with Crippen LogP contribution < -0.4 is 5.32 Å². The first-order valence-corrected chi connectivity index (χ1v) is 5.55. The monoisotopic (exact) mass is 266 g/mol. The maximum absolute atomic E-state index is 11.8. The summed E-state index contributed by atoms with van der Waals surface area (Å²) in [5.41, 5.74) is 0.369. The molecular formula is C11H11ClN4O2. The number of aromatic nitrogens is 3. The van der Waals surface area contributed by atoms with Crippen LogP contribution in [0.2, 0.25) is 5.02 Å². The van der Waals surface area contributed by atoms with Gasteiger partial charge in [0.25, 0.3) is 5.91 Å². The largest absolute Gasteiger partial charge is 0.506 e. The Morgan fingerprint density at radius 2 is 2.33 bits per heavy atom. The van der Waals surface area contributed by atoms with Crippen LogP contribution >= 0.6 is 11.6 Å². The molecule has 0 atom stereocenters. The number of amides is 1. The summed E-state index contributed by atoms with van der Waals surface area (Å²) >= 11 is 5.72. The van der Waals surface area contributed by atoms with Gasteiger partial charge in [0.05, 0.1) is 11.6 Å². The van der Waals surface area contributed by atoms with Gasteiger partial charge < -0.3 is 10.4 Å². The van der Waals surface area contributed by atoms with Crippen LogP contribution in [0.5, 0.6) is 5.75 Å². The number of rotatable bonds is 3. The Bertz CT molecular complexity index is 582. The second-order valence-electron chi connectivity index (χ2n) is 3.68. The van der Waals surface area contributed by atoms with Crippen molar-refractivity contribution in [1.29, 1.82) is 0 Å². The lowest BCUT2D eigenvalue weighted by Gasteiger charge is -2.04. The third-order valence-corrected chi connectivity index (χ3v) is 2.57. The number of hydrogen-bond acceptors (Lipinski definition) is 4. The lowest BCUT2D eigenvalue weighted by Crippen LogP contribution is -2.23. The van der Waals surface area contributed by atoms with Crippen molar-refractivity contribution in [2.45, 2.75) is 6.54 Å². The molecule has 1 aromatic heterocycles. The van der Waals surface area contributed by atoms with Crippen LogP contribution in [0.1, 0.15) is 16.2 Å². The molecule has 0 fully saturated rings. The average molecular weight is 267 g/mol. The van der Waals surface area contributed by atoms with Gasteiger partial charge >= 0.3 is 0 Å². The van der Waals surface area contributed by atoms with E-state index in [9.17, 15) is 9.90 Å². The van der Waals surface area contributed by atoms with Crippen LogP contribution in [-0.4, -0.2) is 25.8 Å². The van der Waals surface area contributed by atoms with Gasteiger partial charge in [0.15, 0.2) is 5.82 Å². The van der Waals surface area contributed by atoms with Gasteiger partial charge in [-0.05, 0) is 18.2 Å². The van der Waals surface area contributed by atoms with E-state index in [4.69, 9.17) is 11.6 Å². The molecule has 2 N–H and O–H groups in total. The summed E-state index contributed by atoms with van der Waals surface area (Å²) < 4.78 is 1.55. The minimum absolute atomic E-state index is 0.0559. The molecule has 7 heteroatoms. The quantitative estimate of drug-likeness (QED) is 0.872. The molecule has 0 spiro atoms. The number of hydrogen-bond donors (Lipinski definition) is 2. The van der Waals surface area contributed by atoms with E-state index in [-0.39, 0.29) is 23.2 Å². The van der Waals surface area contributed by atoms with E-state index in [0.29, 0.717) is 11.4 Å². The van der Waals surface area contributed by atoms with Gasteiger partial charge in [0.2, 0.25) is 0 Å². The number of carbonyl (C=O) groups excluding carboxylic acids is 1. The summed E-state index contributed by atoms with van der Waals surface area (Å²) in [7, 11) is 1.75. The van der Waals surface area contributed by atoms with E-state index in [1.807, 2.05) is 0 Å². The molecule has 18 heavy (non-hydrogen) atoms. The third kappa shape index (κ3) is 2.78. The fraction of sp³-hybridized carbons (Fsp3) is 0.182. The van der Waals surface area contributed by atoms with Crippen molar-refractivity contribution in [1.82, 2.24) is 20.1 Å². The average Bonchev–Trinajstić information content (AvgIpc) is 2.75. The summed E-state index contributed by atoms with van der Waals surface area (Å²) in [6, 6.07) is 4.26. The molecule has 1 heterocycles. The molecule has 1 aromatic carbocycles. The molecule has 1 amide bonds. The highest BCUT2D eigenvalue weighted by Gasteiger charge is 2.09. The SMILES string of the molecule is Cn1cnc(CNC(=O)c2ccc(O)c(Cl)c2)n1. The van der Waals surface area contributed by atoms with Crippen molar-refractivity contribution in [3.05, 3.63) is 40.9 Å². The Hall–Kier alpha value is -2.08. The van der Waals surface area contributed by atoms with Gasteiger partial charge in [0, 0.05) is 12.6 Å². The number of nitrogens with one attached hydrogen (secondary N) is 1. The number of aromatic hydroxyl groups is 1. The highest BCUT2D eigenvalue weighted by molar-refractivity contribution is 6.32. The van der Waals surface area contributed by atoms with Gasteiger partial charge in [-0.3, -0.25) is 9.48 Å². The predicted octanol–water partition coefficient (Wildman–Crippen LogP) is 1.10. The minimum Gasteiger partial charge on any atom is -0.506 e. The number of benzene rings is 1. The first-order chi connectivity index (χ1) is 8.56. The van der Waals surface area contributed by atoms with Crippen molar-refractivity contribution in [3.63, 3.8) is 0 Å². The molecule has 0 aliphatic heterocycles.